The molecule has 1 heterocycles. The van der Waals surface area contributed by atoms with Crippen molar-refractivity contribution in [1.29, 1.82) is 0 Å². The topological polar surface area (TPSA) is 52.6 Å². The van der Waals surface area contributed by atoms with Gasteiger partial charge in [-0.15, -0.1) is 0 Å². The van der Waals surface area contributed by atoms with Gasteiger partial charge in [-0.05, 0) is 7.05 Å². The van der Waals surface area contributed by atoms with Gasteiger partial charge in [0.05, 0.1) is 0 Å². The number of aliphatic carboxylic acids is 1. The Labute approximate surface area is 61.3 Å². The minimum absolute atomic E-state index is 0. The van der Waals surface area contributed by atoms with Crippen molar-refractivity contribution in [2.45, 2.75) is 6.04 Å². The quantitative estimate of drug-likeness (QED) is 0.509. The Morgan fingerprint density at radius 3 is 3.00 bits per heavy atom. The Morgan fingerprint density at radius 1 is 1.90 bits per heavy atom. The highest BCUT2D eigenvalue weighted by molar-refractivity contribution is 5.73. The fourth-order valence-electron chi connectivity index (χ4n) is 1.08. The molecule has 0 spiro atoms. The molecule has 1 aliphatic rings. The van der Waals surface area contributed by atoms with Gasteiger partial charge in [0.25, 0.3) is 0 Å². The molecule has 0 saturated carbocycles. The lowest BCUT2D eigenvalue weighted by atomic mass is 10.2. The molecule has 1 atom stereocenters. The minimum Gasteiger partial charge on any atom is -0.480 e. The first-order valence-electron chi connectivity index (χ1n) is 3.35. The summed E-state index contributed by atoms with van der Waals surface area (Å²) in [6.45, 7) is 2.27. The highest BCUT2D eigenvalue weighted by Gasteiger charge is 2.24. The van der Waals surface area contributed by atoms with E-state index in [1.54, 1.807) is 0 Å². The fourth-order valence-corrected chi connectivity index (χ4v) is 1.08. The zero-order chi connectivity index (χ0) is 7.56. The second-order valence-electron chi connectivity index (χ2n) is 2.54. The van der Waals surface area contributed by atoms with E-state index in [-0.39, 0.29) is 7.47 Å². The Hall–Kier alpha value is -0.610. The van der Waals surface area contributed by atoms with Crippen molar-refractivity contribution in [2.24, 2.45) is 0 Å². The van der Waals surface area contributed by atoms with Crippen LogP contribution in [0.25, 0.3) is 0 Å². The van der Waals surface area contributed by atoms with E-state index < -0.39 is 5.97 Å². The van der Waals surface area contributed by atoms with Crippen LogP contribution in [0.15, 0.2) is 0 Å². The first kappa shape index (κ1) is 7.50. The Kier molecular flexibility index (Phi) is 2.24. The molecule has 2 N–H and O–H groups in total. The Balaban J connectivity index is 0.000001000. The van der Waals surface area contributed by atoms with Crippen LogP contribution in [0.1, 0.15) is 1.43 Å². The summed E-state index contributed by atoms with van der Waals surface area (Å²) in [6.07, 6.45) is 0. The molecule has 1 rings (SSSR count). The predicted molar refractivity (Wildman–Crippen MR) is 39.0 cm³/mol. The number of carboxylic acids is 1. The average Bonchev–Trinajstić information content (AvgIpc) is 1.88. The number of nitrogens with zero attached hydrogens (tertiary/aromatic N) is 1. The number of rotatable bonds is 1. The molecule has 4 nitrogen and oxygen atoms in total. The van der Waals surface area contributed by atoms with Crippen LogP contribution in [0.4, 0.5) is 0 Å². The maximum absolute atomic E-state index is 10.5. The third-order valence-corrected chi connectivity index (χ3v) is 1.80. The maximum atomic E-state index is 10.5. The van der Waals surface area contributed by atoms with Crippen molar-refractivity contribution in [2.75, 3.05) is 26.7 Å². The van der Waals surface area contributed by atoms with Crippen molar-refractivity contribution in [3.63, 3.8) is 0 Å². The molecule has 1 saturated heterocycles. The van der Waals surface area contributed by atoms with Crippen LogP contribution >= 0.6 is 0 Å². The summed E-state index contributed by atoms with van der Waals surface area (Å²) in [6, 6.07) is -0.339. The molecule has 0 aromatic heterocycles. The van der Waals surface area contributed by atoms with Crippen LogP contribution in [-0.2, 0) is 4.79 Å². The Morgan fingerprint density at radius 2 is 2.60 bits per heavy atom. The molecule has 1 aliphatic heterocycles. The van der Waals surface area contributed by atoms with Crippen molar-refractivity contribution < 1.29 is 11.3 Å². The number of hydrogen-bond acceptors (Lipinski definition) is 3. The summed E-state index contributed by atoms with van der Waals surface area (Å²) >= 11 is 0. The molecule has 0 aromatic rings. The molecule has 0 unspecified atom stereocenters. The lowest BCUT2D eigenvalue weighted by Gasteiger charge is -2.29. The molecule has 0 aromatic carbocycles. The molecule has 0 aliphatic carbocycles. The minimum atomic E-state index is -0.741. The fraction of sp³-hybridized carbons (Fsp3) is 0.833. The van der Waals surface area contributed by atoms with E-state index in [0.717, 1.165) is 13.1 Å². The van der Waals surface area contributed by atoms with Crippen LogP contribution in [0.3, 0.4) is 0 Å². The van der Waals surface area contributed by atoms with E-state index in [2.05, 4.69) is 5.32 Å². The van der Waals surface area contributed by atoms with Crippen molar-refractivity contribution in [3.05, 3.63) is 0 Å². The third-order valence-electron chi connectivity index (χ3n) is 1.80. The smallest absolute Gasteiger partial charge is 0.322 e. The van der Waals surface area contributed by atoms with Crippen LogP contribution in [0, 0.1) is 0 Å². The summed E-state index contributed by atoms with van der Waals surface area (Å²) in [5.74, 6) is -0.741. The van der Waals surface area contributed by atoms with E-state index in [4.69, 9.17) is 5.11 Å². The molecular weight excluding hydrogens is 132 g/mol. The van der Waals surface area contributed by atoms with Gasteiger partial charge in [0.1, 0.15) is 6.04 Å². The number of carboxylic acid groups (broad SMARTS) is 1. The third kappa shape index (κ3) is 1.46. The summed E-state index contributed by atoms with van der Waals surface area (Å²) < 4.78 is 0. The van der Waals surface area contributed by atoms with Crippen LogP contribution in [-0.4, -0.2) is 48.7 Å². The zero-order valence-corrected chi connectivity index (χ0v) is 6.00. The zero-order valence-electron chi connectivity index (χ0n) is 6.00. The molecular formula is C6H14N2O2. The summed E-state index contributed by atoms with van der Waals surface area (Å²) in [5, 5.41) is 11.7. The molecule has 0 amide bonds. The summed E-state index contributed by atoms with van der Waals surface area (Å²) in [7, 11) is 1.83. The van der Waals surface area contributed by atoms with Crippen molar-refractivity contribution >= 4 is 5.97 Å². The number of hydrogen-bond donors (Lipinski definition) is 2. The summed E-state index contributed by atoms with van der Waals surface area (Å²) in [5.41, 5.74) is 0. The van der Waals surface area contributed by atoms with Crippen LogP contribution < -0.4 is 5.32 Å². The second kappa shape index (κ2) is 2.98. The van der Waals surface area contributed by atoms with Gasteiger partial charge in [0, 0.05) is 21.1 Å². The van der Waals surface area contributed by atoms with Gasteiger partial charge < -0.3 is 10.4 Å². The van der Waals surface area contributed by atoms with Gasteiger partial charge in [-0.3, -0.25) is 9.69 Å². The first-order valence-corrected chi connectivity index (χ1v) is 3.35. The van der Waals surface area contributed by atoms with Crippen LogP contribution in [0.2, 0.25) is 0 Å². The second-order valence-corrected chi connectivity index (χ2v) is 2.54. The predicted octanol–water partition coefficient (Wildman–Crippen LogP) is -0.779. The Bertz CT molecular complexity index is 143. The van der Waals surface area contributed by atoms with E-state index in [9.17, 15) is 4.79 Å². The molecule has 0 bridgehead atoms. The first-order chi connectivity index (χ1) is 4.72. The van der Waals surface area contributed by atoms with E-state index in [1.165, 1.54) is 0 Å². The number of likely N-dealkylation sites (N-methyl/N-ethyl adjacent to an activating group) is 1. The normalized spacial score (nSPS) is 28.3. The highest BCUT2D eigenvalue weighted by Crippen LogP contribution is 1.98. The van der Waals surface area contributed by atoms with Crippen LogP contribution in [0.5, 0.6) is 0 Å². The molecule has 1 fully saturated rings. The maximum Gasteiger partial charge on any atom is 0.322 e. The van der Waals surface area contributed by atoms with Gasteiger partial charge in [0.15, 0.2) is 0 Å². The lowest BCUT2D eigenvalue weighted by Crippen LogP contribution is -2.52. The number of nitrogens with one attached hydrogen (secondary N) is 1. The van der Waals surface area contributed by atoms with E-state index in [0.29, 0.717) is 6.54 Å². The van der Waals surface area contributed by atoms with Gasteiger partial charge in [-0.1, -0.05) is 0 Å². The van der Waals surface area contributed by atoms with Gasteiger partial charge in [-0.2, -0.15) is 0 Å². The largest absolute Gasteiger partial charge is 0.480 e. The number of carbonyl (C=O) groups is 1. The van der Waals surface area contributed by atoms with Gasteiger partial charge in [0.2, 0.25) is 0 Å². The molecule has 10 heavy (non-hydrogen) atoms. The molecule has 4 heteroatoms. The van der Waals surface area contributed by atoms with E-state index >= 15 is 0 Å². The number of piperazine rings is 1. The monoisotopic (exact) mass is 146 g/mol. The van der Waals surface area contributed by atoms with E-state index in [1.807, 2.05) is 11.9 Å². The van der Waals surface area contributed by atoms with Gasteiger partial charge >= 0.3 is 5.97 Å². The summed E-state index contributed by atoms with van der Waals surface area (Å²) in [4.78, 5) is 12.3. The SMILES string of the molecule is CN1CCNC[C@@H]1C(=O)O.[HH]. The van der Waals surface area contributed by atoms with Gasteiger partial charge in [-0.25, -0.2) is 0 Å². The van der Waals surface area contributed by atoms with Crippen molar-refractivity contribution in [1.82, 2.24) is 10.2 Å². The highest BCUT2D eigenvalue weighted by atomic mass is 16.4. The molecule has 0 radical (unpaired) electrons. The lowest BCUT2D eigenvalue weighted by molar-refractivity contribution is -0.143. The van der Waals surface area contributed by atoms with Crippen molar-refractivity contribution in [3.8, 4) is 0 Å². The average molecular weight is 146 g/mol. The molecule has 60 valence electrons. The standard InChI is InChI=1S/C6H12N2O2.H2/c1-8-3-2-7-4-5(8)6(9)10;/h5,7H,2-4H2,1H3,(H,9,10);1H/t5-;/m1./s1.